The summed E-state index contributed by atoms with van der Waals surface area (Å²) in [5, 5.41) is 0. The Hall–Kier alpha value is -0.170. The highest BCUT2D eigenvalue weighted by Gasteiger charge is 2.39. The van der Waals surface area contributed by atoms with Crippen LogP contribution in [0, 0.1) is 17.8 Å². The molecule has 3 fully saturated rings. The second-order valence-corrected chi connectivity index (χ2v) is 8.74. The molecule has 116 valence electrons. The predicted molar refractivity (Wildman–Crippen MR) is 79.3 cm³/mol. The summed E-state index contributed by atoms with van der Waals surface area (Å²) >= 11 is 0. The molecule has 2 aliphatic carbocycles. The van der Waals surface area contributed by atoms with E-state index in [1.807, 2.05) is 0 Å². The third-order valence-corrected chi connectivity index (χ3v) is 6.72. The number of nitrogens with zero attached hydrogens (tertiary/aromatic N) is 2. The summed E-state index contributed by atoms with van der Waals surface area (Å²) in [4.78, 5) is 0. The van der Waals surface area contributed by atoms with Crippen LogP contribution in [0.2, 0.25) is 0 Å². The molecular weight excluding hydrogens is 274 g/mol. The van der Waals surface area contributed by atoms with Gasteiger partial charge in [0.1, 0.15) is 0 Å². The van der Waals surface area contributed by atoms with Gasteiger partial charge in [-0.15, -0.1) is 0 Å². The highest BCUT2D eigenvalue weighted by molar-refractivity contribution is 7.86. The van der Waals surface area contributed by atoms with Crippen LogP contribution in [0.3, 0.4) is 0 Å². The predicted octanol–water partition coefficient (Wildman–Crippen LogP) is 1.02. The largest absolute Gasteiger partial charge is 0.330 e. The number of rotatable bonds is 7. The maximum absolute atomic E-state index is 12.9. The van der Waals surface area contributed by atoms with E-state index in [1.165, 1.54) is 25.7 Å². The molecule has 3 rings (SSSR count). The zero-order valence-electron chi connectivity index (χ0n) is 12.2. The summed E-state index contributed by atoms with van der Waals surface area (Å²) < 4.78 is 29.2. The van der Waals surface area contributed by atoms with Crippen molar-refractivity contribution in [2.24, 2.45) is 23.5 Å². The van der Waals surface area contributed by atoms with E-state index in [2.05, 4.69) is 0 Å². The van der Waals surface area contributed by atoms with Gasteiger partial charge in [-0.2, -0.15) is 17.0 Å². The molecule has 1 saturated heterocycles. The monoisotopic (exact) mass is 301 g/mol. The Morgan fingerprint density at radius 3 is 2.10 bits per heavy atom. The van der Waals surface area contributed by atoms with Gasteiger partial charge in [-0.25, -0.2) is 0 Å². The van der Waals surface area contributed by atoms with E-state index >= 15 is 0 Å². The first-order chi connectivity index (χ1) is 9.59. The lowest BCUT2D eigenvalue weighted by atomic mass is 10.0. The van der Waals surface area contributed by atoms with Crippen molar-refractivity contribution in [3.8, 4) is 0 Å². The Balaban J connectivity index is 1.68. The topological polar surface area (TPSA) is 66.6 Å². The van der Waals surface area contributed by atoms with E-state index in [0.29, 0.717) is 37.4 Å². The van der Waals surface area contributed by atoms with Gasteiger partial charge in [-0.1, -0.05) is 0 Å². The smallest absolute Gasteiger partial charge is 0.282 e. The summed E-state index contributed by atoms with van der Waals surface area (Å²) in [6.07, 6.45) is 6.80. The fourth-order valence-corrected chi connectivity index (χ4v) is 4.92. The van der Waals surface area contributed by atoms with E-state index in [-0.39, 0.29) is 0 Å². The van der Waals surface area contributed by atoms with Crippen molar-refractivity contribution in [1.82, 2.24) is 8.61 Å². The van der Waals surface area contributed by atoms with Gasteiger partial charge in [0.15, 0.2) is 0 Å². The first-order valence-electron chi connectivity index (χ1n) is 8.05. The van der Waals surface area contributed by atoms with Crippen LogP contribution in [0.25, 0.3) is 0 Å². The summed E-state index contributed by atoms with van der Waals surface area (Å²) in [7, 11) is -3.27. The van der Waals surface area contributed by atoms with Gasteiger partial charge in [-0.05, 0) is 62.8 Å². The zero-order chi connectivity index (χ0) is 14.2. The Labute approximate surface area is 122 Å². The van der Waals surface area contributed by atoms with E-state index < -0.39 is 10.2 Å². The molecule has 20 heavy (non-hydrogen) atoms. The average molecular weight is 301 g/mol. The molecule has 0 amide bonds. The van der Waals surface area contributed by atoms with Crippen LogP contribution in [0.15, 0.2) is 0 Å². The van der Waals surface area contributed by atoms with Gasteiger partial charge in [0.05, 0.1) is 0 Å². The second kappa shape index (κ2) is 5.91. The molecular formula is C14H27N3O2S. The lowest BCUT2D eigenvalue weighted by Crippen LogP contribution is -2.50. The van der Waals surface area contributed by atoms with Crippen LogP contribution in [0.1, 0.15) is 38.5 Å². The van der Waals surface area contributed by atoms with Crippen LogP contribution in [-0.4, -0.2) is 49.8 Å². The van der Waals surface area contributed by atoms with Crippen molar-refractivity contribution < 1.29 is 8.42 Å². The van der Waals surface area contributed by atoms with Crippen molar-refractivity contribution in [3.63, 3.8) is 0 Å². The lowest BCUT2D eigenvalue weighted by Gasteiger charge is -2.35. The summed E-state index contributed by atoms with van der Waals surface area (Å²) in [6.45, 7) is 3.36. The van der Waals surface area contributed by atoms with Crippen LogP contribution in [0.5, 0.6) is 0 Å². The normalized spacial score (nSPS) is 29.0. The Kier molecular flexibility index (Phi) is 4.36. The lowest BCUT2D eigenvalue weighted by molar-refractivity contribution is 0.246. The van der Waals surface area contributed by atoms with Crippen molar-refractivity contribution in [2.75, 3.05) is 32.7 Å². The van der Waals surface area contributed by atoms with Crippen LogP contribution in [0.4, 0.5) is 0 Å². The first kappa shape index (κ1) is 14.8. The molecule has 1 atom stereocenters. The van der Waals surface area contributed by atoms with E-state index in [4.69, 9.17) is 5.73 Å². The van der Waals surface area contributed by atoms with Gasteiger partial charge in [0, 0.05) is 26.2 Å². The fraction of sp³-hybridized carbons (Fsp3) is 1.00. The maximum Gasteiger partial charge on any atom is 0.282 e. The second-order valence-electron chi connectivity index (χ2n) is 6.81. The molecule has 1 heterocycles. The van der Waals surface area contributed by atoms with Gasteiger partial charge >= 0.3 is 0 Å². The molecule has 0 spiro atoms. The minimum Gasteiger partial charge on any atom is -0.330 e. The highest BCUT2D eigenvalue weighted by Crippen LogP contribution is 2.35. The standard InChI is InChI=1S/C14H27N3O2S/c15-8-14-2-1-7-16(11-14)20(18,19)17(9-12-3-4-12)10-13-5-6-13/h12-14H,1-11,15H2. The Bertz CT molecular complexity index is 418. The van der Waals surface area contributed by atoms with Crippen molar-refractivity contribution in [3.05, 3.63) is 0 Å². The van der Waals surface area contributed by atoms with Crippen molar-refractivity contribution in [2.45, 2.75) is 38.5 Å². The molecule has 3 aliphatic rings. The zero-order valence-corrected chi connectivity index (χ0v) is 13.0. The molecule has 0 aromatic rings. The van der Waals surface area contributed by atoms with E-state index in [9.17, 15) is 8.42 Å². The molecule has 5 nitrogen and oxygen atoms in total. The number of hydrogen-bond donors (Lipinski definition) is 1. The van der Waals surface area contributed by atoms with Crippen molar-refractivity contribution >= 4 is 10.2 Å². The van der Waals surface area contributed by atoms with Gasteiger partial charge in [0.25, 0.3) is 10.2 Å². The Morgan fingerprint density at radius 2 is 1.60 bits per heavy atom. The molecule has 1 unspecified atom stereocenters. The van der Waals surface area contributed by atoms with Crippen LogP contribution in [-0.2, 0) is 10.2 Å². The number of nitrogens with two attached hydrogens (primary N) is 1. The van der Waals surface area contributed by atoms with E-state index in [1.54, 1.807) is 8.61 Å². The summed E-state index contributed by atoms with van der Waals surface area (Å²) in [6, 6.07) is 0. The molecule has 1 aliphatic heterocycles. The SMILES string of the molecule is NCC1CCCN(S(=O)(=O)N(CC2CC2)CC2CC2)C1. The molecule has 0 bridgehead atoms. The van der Waals surface area contributed by atoms with Gasteiger partial charge in [0.2, 0.25) is 0 Å². The van der Waals surface area contributed by atoms with Crippen LogP contribution >= 0.6 is 0 Å². The summed E-state index contributed by atoms with van der Waals surface area (Å²) in [5.74, 6) is 1.56. The minimum atomic E-state index is -3.27. The minimum absolute atomic E-state index is 0.335. The molecule has 2 N–H and O–H groups in total. The molecule has 0 radical (unpaired) electrons. The van der Waals surface area contributed by atoms with E-state index in [0.717, 1.165) is 25.9 Å². The third kappa shape index (κ3) is 3.53. The molecule has 2 saturated carbocycles. The van der Waals surface area contributed by atoms with Crippen LogP contribution < -0.4 is 5.73 Å². The first-order valence-corrected chi connectivity index (χ1v) is 9.44. The fourth-order valence-electron chi connectivity index (χ4n) is 3.03. The summed E-state index contributed by atoms with van der Waals surface area (Å²) in [5.41, 5.74) is 5.73. The quantitative estimate of drug-likeness (QED) is 0.763. The van der Waals surface area contributed by atoms with Gasteiger partial charge < -0.3 is 5.73 Å². The highest BCUT2D eigenvalue weighted by atomic mass is 32.2. The average Bonchev–Trinajstić information content (AvgIpc) is 3.33. The maximum atomic E-state index is 12.9. The Morgan fingerprint density at radius 1 is 1.00 bits per heavy atom. The molecule has 0 aromatic carbocycles. The number of piperidine rings is 1. The third-order valence-electron chi connectivity index (χ3n) is 4.79. The molecule has 6 heteroatoms. The van der Waals surface area contributed by atoms with Gasteiger partial charge in [-0.3, -0.25) is 0 Å². The van der Waals surface area contributed by atoms with Crippen molar-refractivity contribution in [1.29, 1.82) is 0 Å². The number of hydrogen-bond acceptors (Lipinski definition) is 3. The molecule has 0 aromatic heterocycles.